The van der Waals surface area contributed by atoms with Gasteiger partial charge in [0.1, 0.15) is 6.04 Å². The number of carbonyl (C=O) groups excluding carboxylic acids is 2. The average molecular weight is 512 g/mol. The van der Waals surface area contributed by atoms with Gasteiger partial charge in [-0.2, -0.15) is 4.72 Å². The number of rotatable bonds is 9. The quantitative estimate of drug-likeness (QED) is 0.541. The Bertz CT molecular complexity index is 947. The van der Waals surface area contributed by atoms with E-state index < -0.39 is 16.1 Å². The Hall–Kier alpha value is -1.64. The van der Waals surface area contributed by atoms with Crippen LogP contribution in [-0.2, 0) is 19.6 Å². The van der Waals surface area contributed by atoms with Gasteiger partial charge in [-0.1, -0.05) is 57.6 Å². The number of benzene rings is 1. The summed E-state index contributed by atoms with van der Waals surface area (Å²) in [6.45, 7) is 7.07. The second kappa shape index (κ2) is 11.9. The third kappa shape index (κ3) is 6.73. The first-order valence-electron chi connectivity index (χ1n) is 12.5. The van der Waals surface area contributed by atoms with E-state index in [9.17, 15) is 18.0 Å². The molecule has 0 aromatic heterocycles. The molecule has 1 aliphatic heterocycles. The highest BCUT2D eigenvalue weighted by Gasteiger charge is 2.36. The lowest BCUT2D eigenvalue weighted by molar-refractivity contribution is -0.144. The summed E-state index contributed by atoms with van der Waals surface area (Å²) in [5.41, 5.74) is 0. The summed E-state index contributed by atoms with van der Waals surface area (Å²) in [5, 5.41) is 0.443. The van der Waals surface area contributed by atoms with E-state index in [1.165, 1.54) is 49.9 Å². The molecule has 1 saturated heterocycles. The molecule has 0 radical (unpaired) electrons. The van der Waals surface area contributed by atoms with Crippen LogP contribution in [0.1, 0.15) is 65.7 Å². The second-order valence-corrected chi connectivity index (χ2v) is 12.0. The fourth-order valence-corrected chi connectivity index (χ4v) is 6.41. The molecule has 34 heavy (non-hydrogen) atoms. The second-order valence-electron chi connectivity index (χ2n) is 9.85. The van der Waals surface area contributed by atoms with Crippen LogP contribution in [0, 0.1) is 11.8 Å². The summed E-state index contributed by atoms with van der Waals surface area (Å²) < 4.78 is 28.6. The Kier molecular flexibility index (Phi) is 9.41. The minimum absolute atomic E-state index is 0.0732. The Morgan fingerprint density at radius 1 is 1.15 bits per heavy atom. The van der Waals surface area contributed by atoms with Crippen molar-refractivity contribution in [3.8, 4) is 0 Å². The van der Waals surface area contributed by atoms with E-state index in [4.69, 9.17) is 11.6 Å². The average Bonchev–Trinajstić information content (AvgIpc) is 3.34. The van der Waals surface area contributed by atoms with E-state index in [2.05, 4.69) is 4.72 Å². The van der Waals surface area contributed by atoms with Gasteiger partial charge >= 0.3 is 0 Å². The summed E-state index contributed by atoms with van der Waals surface area (Å²) in [6, 6.07) is 4.92. The van der Waals surface area contributed by atoms with E-state index in [1.807, 2.05) is 25.7 Å². The summed E-state index contributed by atoms with van der Waals surface area (Å²) in [6.07, 6.45) is 7.17. The van der Waals surface area contributed by atoms with Crippen LogP contribution >= 0.6 is 11.6 Å². The van der Waals surface area contributed by atoms with Gasteiger partial charge in [0.25, 0.3) is 0 Å². The lowest BCUT2D eigenvalue weighted by Gasteiger charge is -2.41. The molecule has 7 nitrogen and oxygen atoms in total. The van der Waals surface area contributed by atoms with Crippen LogP contribution in [0.3, 0.4) is 0 Å². The zero-order valence-corrected chi connectivity index (χ0v) is 22.1. The highest BCUT2D eigenvalue weighted by atomic mass is 35.5. The van der Waals surface area contributed by atoms with Gasteiger partial charge in [-0.3, -0.25) is 9.59 Å². The van der Waals surface area contributed by atoms with E-state index in [0.29, 0.717) is 43.4 Å². The molecule has 3 rings (SSSR count). The van der Waals surface area contributed by atoms with Gasteiger partial charge in [-0.05, 0) is 49.4 Å². The summed E-state index contributed by atoms with van der Waals surface area (Å²) in [5.74, 6) is 0.410. The number of nitrogens with zero attached hydrogens (tertiary/aromatic N) is 2. The van der Waals surface area contributed by atoms with Gasteiger partial charge in [-0.15, -0.1) is 0 Å². The number of halogens is 1. The molecule has 9 heteroatoms. The molecular formula is C25H38ClN3O4S. The normalized spacial score (nSPS) is 21.5. The van der Waals surface area contributed by atoms with Crippen molar-refractivity contribution in [3.63, 3.8) is 0 Å². The maximum absolute atomic E-state index is 13.5. The van der Waals surface area contributed by atoms with Crippen LogP contribution < -0.4 is 4.72 Å². The monoisotopic (exact) mass is 511 g/mol. The predicted molar refractivity (Wildman–Crippen MR) is 134 cm³/mol. The first-order chi connectivity index (χ1) is 16.1. The van der Waals surface area contributed by atoms with Crippen molar-refractivity contribution in [1.82, 2.24) is 14.5 Å². The van der Waals surface area contributed by atoms with Gasteiger partial charge < -0.3 is 9.80 Å². The molecule has 1 saturated carbocycles. The first-order valence-corrected chi connectivity index (χ1v) is 14.3. The van der Waals surface area contributed by atoms with Crippen molar-refractivity contribution in [2.45, 2.75) is 82.7 Å². The zero-order chi connectivity index (χ0) is 24.9. The van der Waals surface area contributed by atoms with Gasteiger partial charge in [0.2, 0.25) is 21.8 Å². The van der Waals surface area contributed by atoms with Crippen LogP contribution in [0.25, 0.3) is 0 Å². The minimum Gasteiger partial charge on any atom is -0.337 e. The van der Waals surface area contributed by atoms with Crippen molar-refractivity contribution < 1.29 is 18.0 Å². The third-order valence-electron chi connectivity index (χ3n) is 7.39. The Balaban J connectivity index is 1.63. The number of hydrogen-bond donors (Lipinski definition) is 1. The molecule has 0 spiro atoms. The Morgan fingerprint density at radius 3 is 2.38 bits per heavy atom. The van der Waals surface area contributed by atoms with Crippen molar-refractivity contribution in [2.24, 2.45) is 11.8 Å². The van der Waals surface area contributed by atoms with E-state index in [0.717, 1.165) is 6.42 Å². The molecule has 2 fully saturated rings. The SMILES string of the molecule is CCC(C)C(NS(=O)(=O)c1ccc(Cl)cc1)C(=O)N1CCN(C(=O)CCC2CCCC2)C(C)C1. The summed E-state index contributed by atoms with van der Waals surface area (Å²) in [7, 11) is -3.89. The van der Waals surface area contributed by atoms with Crippen LogP contribution in [0.5, 0.6) is 0 Å². The fraction of sp³-hybridized carbons (Fsp3) is 0.680. The predicted octanol–water partition coefficient (Wildman–Crippen LogP) is 4.06. The molecule has 2 aliphatic rings. The number of hydrogen-bond acceptors (Lipinski definition) is 4. The zero-order valence-electron chi connectivity index (χ0n) is 20.5. The fourth-order valence-electron chi connectivity index (χ4n) is 4.99. The van der Waals surface area contributed by atoms with Crippen molar-refractivity contribution in [2.75, 3.05) is 19.6 Å². The standard InChI is InChI=1S/C25H38ClN3O4S/c1-4-18(2)24(27-34(32,33)22-12-10-21(26)11-13-22)25(31)28-15-16-29(19(3)17-28)23(30)14-9-20-7-5-6-8-20/h10-13,18-20,24,27H,4-9,14-17H2,1-3H3. The van der Waals surface area contributed by atoms with Gasteiger partial charge in [0.05, 0.1) is 4.90 Å². The van der Waals surface area contributed by atoms with Crippen LogP contribution in [-0.4, -0.2) is 61.7 Å². The van der Waals surface area contributed by atoms with Gasteiger partial charge in [-0.25, -0.2) is 8.42 Å². The molecule has 3 unspecified atom stereocenters. The minimum atomic E-state index is -3.89. The van der Waals surface area contributed by atoms with Crippen molar-refractivity contribution in [3.05, 3.63) is 29.3 Å². The molecule has 1 aliphatic carbocycles. The van der Waals surface area contributed by atoms with Crippen molar-refractivity contribution >= 4 is 33.4 Å². The molecule has 190 valence electrons. The summed E-state index contributed by atoms with van der Waals surface area (Å²) in [4.78, 5) is 29.9. The molecule has 1 heterocycles. The molecule has 1 aromatic carbocycles. The van der Waals surface area contributed by atoms with E-state index >= 15 is 0 Å². The number of nitrogens with one attached hydrogen (secondary N) is 1. The smallest absolute Gasteiger partial charge is 0.241 e. The largest absolute Gasteiger partial charge is 0.337 e. The molecular weight excluding hydrogens is 474 g/mol. The van der Waals surface area contributed by atoms with Gasteiger partial charge in [0, 0.05) is 37.1 Å². The number of piperazine rings is 1. The van der Waals surface area contributed by atoms with Crippen LogP contribution in [0.2, 0.25) is 5.02 Å². The molecule has 0 bridgehead atoms. The van der Waals surface area contributed by atoms with Crippen molar-refractivity contribution in [1.29, 1.82) is 0 Å². The highest BCUT2D eigenvalue weighted by Crippen LogP contribution is 2.29. The number of sulfonamides is 1. The molecule has 1 N–H and O–H groups in total. The molecule has 2 amide bonds. The topological polar surface area (TPSA) is 86.8 Å². The lowest BCUT2D eigenvalue weighted by atomic mass is 9.98. The van der Waals surface area contributed by atoms with E-state index in [1.54, 1.807) is 4.90 Å². The Labute approximate surface area is 209 Å². The first kappa shape index (κ1) is 27.0. The summed E-state index contributed by atoms with van der Waals surface area (Å²) >= 11 is 5.89. The Morgan fingerprint density at radius 2 is 1.79 bits per heavy atom. The van der Waals surface area contributed by atoms with Gasteiger partial charge in [0.15, 0.2) is 0 Å². The number of amides is 2. The highest BCUT2D eigenvalue weighted by molar-refractivity contribution is 7.89. The van der Waals surface area contributed by atoms with E-state index in [-0.39, 0.29) is 28.7 Å². The molecule has 1 aromatic rings. The van der Waals surface area contributed by atoms with Crippen LogP contribution in [0.4, 0.5) is 0 Å². The number of carbonyl (C=O) groups is 2. The van der Waals surface area contributed by atoms with Crippen LogP contribution in [0.15, 0.2) is 29.2 Å². The molecule has 3 atom stereocenters. The maximum Gasteiger partial charge on any atom is 0.241 e. The maximum atomic E-state index is 13.5. The third-order valence-corrected chi connectivity index (χ3v) is 9.09. The lowest BCUT2D eigenvalue weighted by Crippen LogP contribution is -2.60.